The molecule has 3 nitrogen and oxygen atoms in total. The third-order valence-corrected chi connectivity index (χ3v) is 3.57. The first-order chi connectivity index (χ1) is 9.45. The predicted molar refractivity (Wildman–Crippen MR) is 69.2 cm³/mol. The lowest BCUT2D eigenvalue weighted by atomic mass is 9.99. The van der Waals surface area contributed by atoms with E-state index < -0.39 is 11.7 Å². The molecule has 0 amide bonds. The van der Waals surface area contributed by atoms with Crippen LogP contribution in [0.1, 0.15) is 17.2 Å². The molecular formula is C13H11ClF3N3. The number of aromatic nitrogens is 2. The summed E-state index contributed by atoms with van der Waals surface area (Å²) in [4.78, 5) is 4.03. The van der Waals surface area contributed by atoms with Crippen molar-refractivity contribution in [3.8, 4) is 5.69 Å². The van der Waals surface area contributed by atoms with Gasteiger partial charge in [0.1, 0.15) is 0 Å². The molecule has 106 valence electrons. The highest BCUT2D eigenvalue weighted by molar-refractivity contribution is 6.30. The molecule has 0 bridgehead atoms. The van der Waals surface area contributed by atoms with Gasteiger partial charge in [-0.25, -0.2) is 4.98 Å². The van der Waals surface area contributed by atoms with Crippen molar-refractivity contribution in [2.45, 2.75) is 12.1 Å². The van der Waals surface area contributed by atoms with Crippen LogP contribution in [-0.4, -0.2) is 22.6 Å². The molecular weight excluding hydrogens is 291 g/mol. The summed E-state index contributed by atoms with van der Waals surface area (Å²) in [5.41, 5.74) is 0.509. The summed E-state index contributed by atoms with van der Waals surface area (Å²) in [5.74, 6) is 0.269. The SMILES string of the molecule is FC(F)(F)c1cc(Cl)cc(-n2cncc2C2CNC2)c1. The number of hydrogen-bond acceptors (Lipinski definition) is 2. The summed E-state index contributed by atoms with van der Waals surface area (Å²) in [6.07, 6.45) is -1.22. The lowest BCUT2D eigenvalue weighted by molar-refractivity contribution is -0.137. The van der Waals surface area contributed by atoms with E-state index in [4.69, 9.17) is 11.6 Å². The topological polar surface area (TPSA) is 29.9 Å². The highest BCUT2D eigenvalue weighted by Crippen LogP contribution is 2.33. The molecule has 0 aliphatic carbocycles. The Morgan fingerprint density at radius 2 is 2.00 bits per heavy atom. The molecule has 1 aliphatic rings. The second-order valence-electron chi connectivity index (χ2n) is 4.74. The van der Waals surface area contributed by atoms with Crippen LogP contribution in [0.4, 0.5) is 13.2 Å². The zero-order chi connectivity index (χ0) is 14.3. The maximum Gasteiger partial charge on any atom is 0.416 e. The summed E-state index contributed by atoms with van der Waals surface area (Å²) in [5, 5.41) is 3.18. The van der Waals surface area contributed by atoms with Crippen LogP contribution in [0.5, 0.6) is 0 Å². The number of halogens is 4. The predicted octanol–water partition coefficient (Wildman–Crippen LogP) is 3.23. The van der Waals surface area contributed by atoms with E-state index in [1.807, 2.05) is 0 Å². The second-order valence-corrected chi connectivity index (χ2v) is 5.18. The molecule has 3 rings (SSSR count). The first kappa shape index (κ1) is 13.5. The molecule has 20 heavy (non-hydrogen) atoms. The Morgan fingerprint density at radius 3 is 2.60 bits per heavy atom. The summed E-state index contributed by atoms with van der Waals surface area (Å²) in [6.45, 7) is 1.61. The number of nitrogens with zero attached hydrogens (tertiary/aromatic N) is 2. The lowest BCUT2D eigenvalue weighted by Crippen LogP contribution is -2.40. The fourth-order valence-electron chi connectivity index (χ4n) is 2.20. The van der Waals surface area contributed by atoms with E-state index in [1.54, 1.807) is 10.8 Å². The third-order valence-electron chi connectivity index (χ3n) is 3.35. The van der Waals surface area contributed by atoms with Gasteiger partial charge in [0, 0.05) is 41.6 Å². The van der Waals surface area contributed by atoms with Crippen LogP contribution in [0.25, 0.3) is 5.69 Å². The quantitative estimate of drug-likeness (QED) is 0.923. The minimum Gasteiger partial charge on any atom is -0.315 e. The molecule has 0 unspecified atom stereocenters. The van der Waals surface area contributed by atoms with Crippen molar-refractivity contribution >= 4 is 11.6 Å². The molecule has 1 fully saturated rings. The van der Waals surface area contributed by atoms with E-state index in [0.29, 0.717) is 5.69 Å². The van der Waals surface area contributed by atoms with Crippen molar-refractivity contribution in [2.75, 3.05) is 13.1 Å². The fraction of sp³-hybridized carbons (Fsp3) is 0.308. The zero-order valence-corrected chi connectivity index (χ0v) is 11.0. The van der Waals surface area contributed by atoms with Crippen LogP contribution in [0.2, 0.25) is 5.02 Å². The van der Waals surface area contributed by atoms with Gasteiger partial charge in [-0.1, -0.05) is 11.6 Å². The van der Waals surface area contributed by atoms with Gasteiger partial charge < -0.3 is 9.88 Å². The molecule has 2 aromatic rings. The monoisotopic (exact) mass is 301 g/mol. The van der Waals surface area contributed by atoms with Gasteiger partial charge >= 0.3 is 6.18 Å². The number of imidazole rings is 1. The fourth-order valence-corrected chi connectivity index (χ4v) is 2.43. The molecule has 0 radical (unpaired) electrons. The van der Waals surface area contributed by atoms with Crippen molar-refractivity contribution < 1.29 is 13.2 Å². The van der Waals surface area contributed by atoms with Gasteiger partial charge in [0.2, 0.25) is 0 Å². The Morgan fingerprint density at radius 1 is 1.25 bits per heavy atom. The van der Waals surface area contributed by atoms with E-state index in [0.717, 1.165) is 30.9 Å². The second kappa shape index (κ2) is 4.79. The molecule has 1 aliphatic heterocycles. The normalized spacial score (nSPS) is 16.2. The van der Waals surface area contributed by atoms with E-state index in [-0.39, 0.29) is 10.9 Å². The van der Waals surface area contributed by atoms with E-state index in [1.165, 1.54) is 12.4 Å². The van der Waals surface area contributed by atoms with Gasteiger partial charge in [-0.2, -0.15) is 13.2 Å². The van der Waals surface area contributed by atoms with Crippen LogP contribution in [-0.2, 0) is 6.18 Å². The average Bonchev–Trinajstić information content (AvgIpc) is 2.73. The van der Waals surface area contributed by atoms with Crippen LogP contribution in [0.3, 0.4) is 0 Å². The number of hydrogen-bond donors (Lipinski definition) is 1. The van der Waals surface area contributed by atoms with Gasteiger partial charge in [-0.15, -0.1) is 0 Å². The molecule has 0 spiro atoms. The van der Waals surface area contributed by atoms with Crippen molar-refractivity contribution in [3.05, 3.63) is 47.0 Å². The third kappa shape index (κ3) is 2.41. The Labute approximate surface area is 118 Å². The standard InChI is InChI=1S/C13H11ClF3N3/c14-10-1-9(13(15,16)17)2-11(3-10)20-7-19-6-12(20)8-4-18-5-8/h1-3,6-8,18H,4-5H2. The van der Waals surface area contributed by atoms with Crippen LogP contribution in [0.15, 0.2) is 30.7 Å². The molecule has 2 heterocycles. The lowest BCUT2D eigenvalue weighted by Gasteiger charge is -2.28. The summed E-state index contributed by atoms with van der Waals surface area (Å²) in [7, 11) is 0. The summed E-state index contributed by atoms with van der Waals surface area (Å²) >= 11 is 5.81. The smallest absolute Gasteiger partial charge is 0.315 e. The molecule has 7 heteroatoms. The minimum absolute atomic E-state index is 0.0567. The molecule has 0 saturated carbocycles. The zero-order valence-electron chi connectivity index (χ0n) is 10.3. The van der Waals surface area contributed by atoms with Crippen molar-refractivity contribution in [2.24, 2.45) is 0 Å². The van der Waals surface area contributed by atoms with E-state index in [2.05, 4.69) is 10.3 Å². The van der Waals surface area contributed by atoms with E-state index in [9.17, 15) is 13.2 Å². The van der Waals surface area contributed by atoms with Gasteiger partial charge in [-0.3, -0.25) is 0 Å². The maximum absolute atomic E-state index is 12.8. The molecule has 0 atom stereocenters. The first-order valence-corrected chi connectivity index (χ1v) is 6.44. The van der Waals surface area contributed by atoms with E-state index >= 15 is 0 Å². The highest BCUT2D eigenvalue weighted by Gasteiger charge is 2.31. The number of nitrogens with one attached hydrogen (secondary N) is 1. The number of benzene rings is 1. The van der Waals surface area contributed by atoms with Crippen molar-refractivity contribution in [3.63, 3.8) is 0 Å². The molecule has 1 N–H and O–H groups in total. The Balaban J connectivity index is 2.06. The minimum atomic E-state index is -4.42. The molecule has 1 saturated heterocycles. The largest absolute Gasteiger partial charge is 0.416 e. The van der Waals surface area contributed by atoms with Crippen LogP contribution < -0.4 is 5.32 Å². The molecule has 1 aromatic carbocycles. The summed E-state index contributed by atoms with van der Waals surface area (Å²) < 4.78 is 40.2. The first-order valence-electron chi connectivity index (χ1n) is 6.06. The number of alkyl halides is 3. The Bertz CT molecular complexity index is 632. The Hall–Kier alpha value is -1.53. The molecule has 1 aromatic heterocycles. The van der Waals surface area contributed by atoms with Crippen molar-refractivity contribution in [1.29, 1.82) is 0 Å². The summed E-state index contributed by atoms with van der Waals surface area (Å²) in [6, 6.07) is 3.52. The van der Waals surface area contributed by atoms with Crippen molar-refractivity contribution in [1.82, 2.24) is 14.9 Å². The van der Waals surface area contributed by atoms with Gasteiger partial charge in [-0.05, 0) is 18.2 Å². The number of rotatable bonds is 2. The van der Waals surface area contributed by atoms with Gasteiger partial charge in [0.25, 0.3) is 0 Å². The van der Waals surface area contributed by atoms with Gasteiger partial charge in [0.15, 0.2) is 0 Å². The van der Waals surface area contributed by atoms with Crippen LogP contribution >= 0.6 is 11.6 Å². The highest BCUT2D eigenvalue weighted by atomic mass is 35.5. The average molecular weight is 302 g/mol. The maximum atomic E-state index is 12.8. The van der Waals surface area contributed by atoms with Crippen LogP contribution in [0, 0.1) is 0 Å². The van der Waals surface area contributed by atoms with Gasteiger partial charge in [0.05, 0.1) is 11.9 Å². The Kier molecular flexibility index (Phi) is 3.22.